The van der Waals surface area contributed by atoms with Crippen LogP contribution in [0.2, 0.25) is 0 Å². The molecule has 0 aromatic carbocycles. The molecule has 0 spiro atoms. The summed E-state index contributed by atoms with van der Waals surface area (Å²) in [4.78, 5) is 12.5. The minimum atomic E-state index is -0.0776. The van der Waals surface area contributed by atoms with Gasteiger partial charge in [0.1, 0.15) is 0 Å². The van der Waals surface area contributed by atoms with E-state index in [1.165, 1.54) is 11.8 Å². The van der Waals surface area contributed by atoms with Gasteiger partial charge in [0.2, 0.25) is 5.91 Å². The van der Waals surface area contributed by atoms with E-state index in [4.69, 9.17) is 5.73 Å². The van der Waals surface area contributed by atoms with Gasteiger partial charge in [0.25, 0.3) is 0 Å². The monoisotopic (exact) mass is 194 g/mol. The maximum absolute atomic E-state index is 11.0. The Morgan fingerprint density at radius 2 is 1.93 bits per heavy atom. The van der Waals surface area contributed by atoms with Crippen molar-refractivity contribution in [1.29, 1.82) is 0 Å². The predicted molar refractivity (Wildman–Crippen MR) is 59.3 cm³/mol. The van der Waals surface area contributed by atoms with Crippen LogP contribution >= 0.6 is 0 Å². The van der Waals surface area contributed by atoms with Crippen LogP contribution < -0.4 is 5.73 Å². The van der Waals surface area contributed by atoms with Gasteiger partial charge in [-0.15, -0.1) is 0 Å². The van der Waals surface area contributed by atoms with Crippen molar-refractivity contribution in [2.75, 3.05) is 7.05 Å². The molecular weight excluding hydrogens is 176 g/mol. The highest BCUT2D eigenvalue weighted by Gasteiger charge is 2.09. The largest absolute Gasteiger partial charge is 0.397 e. The van der Waals surface area contributed by atoms with Crippen LogP contribution in [0.15, 0.2) is 35.7 Å². The Morgan fingerprint density at radius 1 is 1.43 bits per heavy atom. The summed E-state index contributed by atoms with van der Waals surface area (Å²) in [6.07, 6.45) is 3.78. The summed E-state index contributed by atoms with van der Waals surface area (Å²) in [6, 6.07) is 0. The fourth-order valence-electron chi connectivity index (χ4n) is 0.938. The van der Waals surface area contributed by atoms with Crippen molar-refractivity contribution in [2.45, 2.75) is 20.8 Å². The Morgan fingerprint density at radius 3 is 2.29 bits per heavy atom. The first kappa shape index (κ1) is 12.5. The number of rotatable bonds is 3. The number of hydrogen-bond donors (Lipinski definition) is 1. The zero-order valence-electron chi connectivity index (χ0n) is 9.29. The first-order valence-corrected chi connectivity index (χ1v) is 4.44. The molecule has 0 bridgehead atoms. The zero-order chi connectivity index (χ0) is 11.3. The molecule has 0 atom stereocenters. The highest BCUT2D eigenvalue weighted by molar-refractivity contribution is 5.75. The third-order valence-corrected chi connectivity index (χ3v) is 2.03. The molecule has 0 saturated heterocycles. The van der Waals surface area contributed by atoms with E-state index in [9.17, 15) is 4.79 Å². The van der Waals surface area contributed by atoms with E-state index in [1.54, 1.807) is 7.05 Å². The van der Waals surface area contributed by atoms with Crippen LogP contribution in [0.25, 0.3) is 0 Å². The SMILES string of the molecule is C=C(/C(N)=C(C)\C=C/C)N(C)C(C)=O. The number of carbonyl (C=O) groups is 1. The Balaban J connectivity index is 4.87. The molecule has 2 N–H and O–H groups in total. The van der Waals surface area contributed by atoms with Crippen LogP contribution in [0.5, 0.6) is 0 Å². The van der Waals surface area contributed by atoms with Crippen molar-refractivity contribution in [3.05, 3.63) is 35.7 Å². The van der Waals surface area contributed by atoms with Crippen LogP contribution in [-0.2, 0) is 4.79 Å². The molecule has 0 aromatic heterocycles. The molecular formula is C11H18N2O. The van der Waals surface area contributed by atoms with Crippen molar-refractivity contribution in [2.24, 2.45) is 5.73 Å². The maximum atomic E-state index is 11.0. The van der Waals surface area contributed by atoms with Crippen LogP contribution in [0.1, 0.15) is 20.8 Å². The number of hydrogen-bond acceptors (Lipinski definition) is 2. The quantitative estimate of drug-likeness (QED) is 0.696. The lowest BCUT2D eigenvalue weighted by molar-refractivity contribution is -0.125. The number of amides is 1. The zero-order valence-corrected chi connectivity index (χ0v) is 9.29. The lowest BCUT2D eigenvalue weighted by Gasteiger charge is -2.19. The predicted octanol–water partition coefficient (Wildman–Crippen LogP) is 1.79. The molecule has 78 valence electrons. The first-order chi connectivity index (χ1) is 6.41. The highest BCUT2D eigenvalue weighted by atomic mass is 16.2. The molecule has 0 fully saturated rings. The third-order valence-electron chi connectivity index (χ3n) is 2.03. The summed E-state index contributed by atoms with van der Waals surface area (Å²) >= 11 is 0. The lowest BCUT2D eigenvalue weighted by atomic mass is 10.1. The van der Waals surface area contributed by atoms with E-state index in [-0.39, 0.29) is 5.91 Å². The topological polar surface area (TPSA) is 46.3 Å². The standard InChI is InChI=1S/C11H18N2O/c1-6-7-8(2)11(12)9(3)13(5)10(4)14/h6-7H,3,12H2,1-2,4-5H3/b7-6-,11-8+. The van der Waals surface area contributed by atoms with Crippen LogP contribution in [-0.4, -0.2) is 17.9 Å². The van der Waals surface area contributed by atoms with Gasteiger partial charge in [0, 0.05) is 14.0 Å². The van der Waals surface area contributed by atoms with Gasteiger partial charge in [0.15, 0.2) is 0 Å². The number of carbonyl (C=O) groups excluding carboxylic acids is 1. The normalized spacial score (nSPS) is 12.6. The summed E-state index contributed by atoms with van der Waals surface area (Å²) in [5, 5.41) is 0. The molecule has 0 aliphatic rings. The molecule has 0 radical (unpaired) electrons. The van der Waals surface area contributed by atoms with Crippen molar-refractivity contribution in [3.8, 4) is 0 Å². The first-order valence-electron chi connectivity index (χ1n) is 4.44. The van der Waals surface area contributed by atoms with Gasteiger partial charge < -0.3 is 10.6 Å². The molecule has 0 saturated carbocycles. The highest BCUT2D eigenvalue weighted by Crippen LogP contribution is 2.11. The van der Waals surface area contributed by atoms with E-state index < -0.39 is 0 Å². The molecule has 0 rings (SSSR count). The van der Waals surface area contributed by atoms with Crippen molar-refractivity contribution < 1.29 is 4.79 Å². The molecule has 3 heteroatoms. The van der Waals surface area contributed by atoms with Crippen molar-refractivity contribution in [3.63, 3.8) is 0 Å². The summed E-state index contributed by atoms with van der Waals surface area (Å²) in [7, 11) is 1.65. The Kier molecular flexibility index (Phi) is 4.70. The number of nitrogens with zero attached hydrogens (tertiary/aromatic N) is 1. The number of nitrogens with two attached hydrogens (primary N) is 1. The molecule has 0 unspecified atom stereocenters. The Hall–Kier alpha value is -1.51. The lowest BCUT2D eigenvalue weighted by Crippen LogP contribution is -2.26. The van der Waals surface area contributed by atoms with Gasteiger partial charge >= 0.3 is 0 Å². The summed E-state index contributed by atoms with van der Waals surface area (Å²) in [6.45, 7) is 9.04. The van der Waals surface area contributed by atoms with Gasteiger partial charge in [-0.1, -0.05) is 18.7 Å². The average molecular weight is 194 g/mol. The second kappa shape index (κ2) is 5.27. The van der Waals surface area contributed by atoms with Gasteiger partial charge in [-0.25, -0.2) is 0 Å². The number of likely N-dealkylation sites (N-methyl/N-ethyl adjacent to an activating group) is 1. The average Bonchev–Trinajstić information content (AvgIpc) is 2.14. The molecule has 0 aromatic rings. The minimum absolute atomic E-state index is 0.0776. The van der Waals surface area contributed by atoms with Gasteiger partial charge in [0.05, 0.1) is 11.4 Å². The fourth-order valence-corrected chi connectivity index (χ4v) is 0.938. The Bertz CT molecular complexity index is 300. The fraction of sp³-hybridized carbons (Fsp3) is 0.364. The van der Waals surface area contributed by atoms with E-state index in [0.29, 0.717) is 11.4 Å². The molecule has 1 amide bonds. The van der Waals surface area contributed by atoms with Gasteiger partial charge in [-0.05, 0) is 19.4 Å². The van der Waals surface area contributed by atoms with Crippen LogP contribution in [0, 0.1) is 0 Å². The molecule has 14 heavy (non-hydrogen) atoms. The number of allylic oxidation sites excluding steroid dienone is 3. The van der Waals surface area contributed by atoms with Gasteiger partial charge in [-0.3, -0.25) is 4.79 Å². The maximum Gasteiger partial charge on any atom is 0.223 e. The van der Waals surface area contributed by atoms with Crippen molar-refractivity contribution >= 4 is 5.91 Å². The van der Waals surface area contributed by atoms with Gasteiger partial charge in [-0.2, -0.15) is 0 Å². The van der Waals surface area contributed by atoms with Crippen LogP contribution in [0.3, 0.4) is 0 Å². The second-order valence-electron chi connectivity index (χ2n) is 3.12. The molecule has 0 aliphatic heterocycles. The third kappa shape index (κ3) is 3.09. The summed E-state index contributed by atoms with van der Waals surface area (Å²) in [5.74, 6) is -0.0776. The summed E-state index contributed by atoms with van der Waals surface area (Å²) in [5.41, 5.74) is 7.81. The van der Waals surface area contributed by atoms with E-state index in [2.05, 4.69) is 6.58 Å². The molecule has 0 aliphatic carbocycles. The molecule has 0 heterocycles. The summed E-state index contributed by atoms with van der Waals surface area (Å²) < 4.78 is 0. The van der Waals surface area contributed by atoms with E-state index >= 15 is 0 Å². The molecule has 3 nitrogen and oxygen atoms in total. The smallest absolute Gasteiger partial charge is 0.223 e. The van der Waals surface area contributed by atoms with Crippen molar-refractivity contribution in [1.82, 2.24) is 4.90 Å². The van der Waals surface area contributed by atoms with Crippen LogP contribution in [0.4, 0.5) is 0 Å². The Labute approximate surface area is 85.6 Å². The minimum Gasteiger partial charge on any atom is -0.397 e. The van der Waals surface area contributed by atoms with E-state index in [0.717, 1.165) is 5.57 Å². The van der Waals surface area contributed by atoms with E-state index in [1.807, 2.05) is 26.0 Å². The second-order valence-corrected chi connectivity index (χ2v) is 3.12.